The lowest BCUT2D eigenvalue weighted by atomic mass is 10.3. The lowest BCUT2D eigenvalue weighted by Crippen LogP contribution is -2.07. The Kier molecular flexibility index (Phi) is 2.77. The van der Waals surface area contributed by atoms with Crippen molar-refractivity contribution in [1.29, 1.82) is 0 Å². The predicted molar refractivity (Wildman–Crippen MR) is 53.3 cm³/mol. The molecular weight excluding hydrogens is 251 g/mol. The molecule has 2 heterocycles. The van der Waals surface area contributed by atoms with E-state index in [-0.39, 0.29) is 11.3 Å². The smallest absolute Gasteiger partial charge is 0.435 e. The van der Waals surface area contributed by atoms with Gasteiger partial charge in [-0.1, -0.05) is 0 Å². The van der Waals surface area contributed by atoms with Crippen LogP contribution in [0.3, 0.4) is 0 Å². The maximum atomic E-state index is 12.3. The number of hydrogen-bond acceptors (Lipinski definition) is 3. The van der Waals surface area contributed by atoms with E-state index < -0.39 is 17.8 Å². The van der Waals surface area contributed by atoms with Gasteiger partial charge in [0.05, 0.1) is 17.4 Å². The zero-order chi connectivity index (χ0) is 13.3. The monoisotopic (exact) mass is 257 g/mol. The highest BCUT2D eigenvalue weighted by Crippen LogP contribution is 2.27. The molecule has 0 aliphatic heterocycles. The maximum absolute atomic E-state index is 12.3. The molecule has 0 aromatic carbocycles. The molecule has 0 amide bonds. The molecule has 0 unspecified atom stereocenters. The third-order valence-corrected chi connectivity index (χ3v) is 2.11. The first kappa shape index (κ1) is 12.1. The van der Waals surface area contributed by atoms with Crippen molar-refractivity contribution < 1.29 is 23.1 Å². The number of hydrogen-bond donors (Lipinski definition) is 1. The van der Waals surface area contributed by atoms with Gasteiger partial charge < -0.3 is 5.11 Å². The average Bonchev–Trinajstić information content (AvgIpc) is 2.78. The molecule has 0 fully saturated rings. The van der Waals surface area contributed by atoms with Crippen molar-refractivity contribution in [2.24, 2.45) is 0 Å². The Hall–Kier alpha value is -2.38. The number of pyridine rings is 1. The fraction of sp³-hybridized carbons (Fsp3) is 0.100. The van der Waals surface area contributed by atoms with Gasteiger partial charge in [0.2, 0.25) is 0 Å². The zero-order valence-electron chi connectivity index (χ0n) is 8.72. The Labute approximate surface area is 98.5 Å². The molecule has 0 aliphatic rings. The molecule has 8 heteroatoms. The van der Waals surface area contributed by atoms with Gasteiger partial charge in [0.1, 0.15) is 0 Å². The molecule has 0 aliphatic carbocycles. The van der Waals surface area contributed by atoms with E-state index in [0.29, 0.717) is 0 Å². The van der Waals surface area contributed by atoms with Gasteiger partial charge in [-0.05, 0) is 12.1 Å². The minimum atomic E-state index is -4.54. The Morgan fingerprint density at radius 3 is 2.61 bits per heavy atom. The second-order valence-corrected chi connectivity index (χ2v) is 3.38. The Balaban J connectivity index is 2.40. The quantitative estimate of drug-likeness (QED) is 0.893. The molecule has 0 saturated heterocycles. The molecule has 0 bridgehead atoms. The summed E-state index contributed by atoms with van der Waals surface area (Å²) < 4.78 is 37.9. The third kappa shape index (κ3) is 2.31. The van der Waals surface area contributed by atoms with Crippen molar-refractivity contribution in [2.45, 2.75) is 6.18 Å². The number of carboxylic acids is 1. The van der Waals surface area contributed by atoms with Crippen LogP contribution in [0.2, 0.25) is 0 Å². The summed E-state index contributed by atoms with van der Waals surface area (Å²) in [6, 6.07) is 1.98. The summed E-state index contributed by atoms with van der Waals surface area (Å²) in [6.07, 6.45) is -1.13. The van der Waals surface area contributed by atoms with Crippen LogP contribution in [0.15, 0.2) is 30.7 Å². The van der Waals surface area contributed by atoms with Gasteiger partial charge in [-0.25, -0.2) is 9.48 Å². The third-order valence-electron chi connectivity index (χ3n) is 2.11. The summed E-state index contributed by atoms with van der Waals surface area (Å²) in [5.74, 6) is -1.22. The highest BCUT2D eigenvalue weighted by Gasteiger charge is 2.33. The number of aromatic nitrogens is 3. The predicted octanol–water partition coefficient (Wildman–Crippen LogP) is 1.98. The number of halogens is 3. The topological polar surface area (TPSA) is 68.0 Å². The van der Waals surface area contributed by atoms with E-state index >= 15 is 0 Å². The molecule has 0 saturated carbocycles. The van der Waals surface area contributed by atoms with Gasteiger partial charge in [-0.15, -0.1) is 0 Å². The first-order valence-corrected chi connectivity index (χ1v) is 4.69. The molecular formula is C10H6F3N3O2. The van der Waals surface area contributed by atoms with Crippen molar-refractivity contribution in [1.82, 2.24) is 14.8 Å². The first-order chi connectivity index (χ1) is 8.38. The van der Waals surface area contributed by atoms with Crippen LogP contribution in [-0.4, -0.2) is 25.8 Å². The molecule has 94 valence electrons. The number of carboxylic acid groups (broad SMARTS) is 1. The molecule has 2 aromatic heterocycles. The number of alkyl halides is 3. The van der Waals surface area contributed by atoms with Crippen LogP contribution < -0.4 is 0 Å². The van der Waals surface area contributed by atoms with Gasteiger partial charge in [0, 0.05) is 12.4 Å². The van der Waals surface area contributed by atoms with Gasteiger partial charge in [-0.3, -0.25) is 4.98 Å². The maximum Gasteiger partial charge on any atom is 0.435 e. The fourth-order valence-electron chi connectivity index (χ4n) is 1.29. The second-order valence-electron chi connectivity index (χ2n) is 3.38. The lowest BCUT2D eigenvalue weighted by molar-refractivity contribution is -0.141. The number of nitrogens with zero attached hydrogens (tertiary/aromatic N) is 3. The van der Waals surface area contributed by atoms with Crippen molar-refractivity contribution in [3.05, 3.63) is 42.0 Å². The normalized spacial score (nSPS) is 11.5. The molecule has 1 N–H and O–H groups in total. The van der Waals surface area contributed by atoms with E-state index in [1.807, 2.05) is 0 Å². The summed E-state index contributed by atoms with van der Waals surface area (Å²) in [4.78, 5) is 14.3. The highest BCUT2D eigenvalue weighted by atomic mass is 19.4. The second kappa shape index (κ2) is 4.13. The zero-order valence-corrected chi connectivity index (χ0v) is 8.72. The van der Waals surface area contributed by atoms with Crippen LogP contribution in [0, 0.1) is 0 Å². The lowest BCUT2D eigenvalue weighted by Gasteiger charge is -2.03. The molecule has 2 rings (SSSR count). The van der Waals surface area contributed by atoms with E-state index in [1.54, 1.807) is 0 Å². The Morgan fingerprint density at radius 2 is 2.06 bits per heavy atom. The molecule has 18 heavy (non-hydrogen) atoms. The summed E-state index contributed by atoms with van der Waals surface area (Å²) in [7, 11) is 0. The minimum absolute atomic E-state index is 0.128. The SMILES string of the molecule is O=C(O)c1cncc(-n2ccc(C(F)(F)F)n2)c1. The molecule has 2 aromatic rings. The Morgan fingerprint density at radius 1 is 1.33 bits per heavy atom. The standard InChI is InChI=1S/C10H6F3N3O2/c11-10(12,13)8-1-2-16(15-8)7-3-6(9(17)18)4-14-5-7/h1-5H,(H,17,18). The van der Waals surface area contributed by atoms with Crippen molar-refractivity contribution in [3.63, 3.8) is 0 Å². The molecule has 0 atom stereocenters. The van der Waals surface area contributed by atoms with Gasteiger partial charge >= 0.3 is 12.1 Å². The summed E-state index contributed by atoms with van der Waals surface area (Å²) in [5, 5.41) is 12.1. The largest absolute Gasteiger partial charge is 0.478 e. The van der Waals surface area contributed by atoms with Crippen LogP contribution >= 0.6 is 0 Å². The van der Waals surface area contributed by atoms with E-state index in [1.165, 1.54) is 12.3 Å². The number of rotatable bonds is 2. The number of carbonyl (C=O) groups is 1. The first-order valence-electron chi connectivity index (χ1n) is 4.69. The van der Waals surface area contributed by atoms with Crippen LogP contribution in [0.25, 0.3) is 5.69 Å². The minimum Gasteiger partial charge on any atom is -0.478 e. The fourth-order valence-corrected chi connectivity index (χ4v) is 1.29. The van der Waals surface area contributed by atoms with E-state index in [0.717, 1.165) is 23.1 Å². The van der Waals surface area contributed by atoms with Crippen LogP contribution in [0.5, 0.6) is 0 Å². The van der Waals surface area contributed by atoms with Crippen molar-refractivity contribution in [2.75, 3.05) is 0 Å². The van der Waals surface area contributed by atoms with Crippen LogP contribution in [-0.2, 0) is 6.18 Å². The van der Waals surface area contributed by atoms with Gasteiger partial charge in [-0.2, -0.15) is 18.3 Å². The van der Waals surface area contributed by atoms with Crippen LogP contribution in [0.4, 0.5) is 13.2 Å². The molecule has 0 spiro atoms. The molecule has 5 nitrogen and oxygen atoms in total. The number of aromatic carboxylic acids is 1. The summed E-state index contributed by atoms with van der Waals surface area (Å²) in [5.41, 5.74) is -1.04. The highest BCUT2D eigenvalue weighted by molar-refractivity contribution is 5.87. The van der Waals surface area contributed by atoms with E-state index in [9.17, 15) is 18.0 Å². The van der Waals surface area contributed by atoms with Crippen molar-refractivity contribution >= 4 is 5.97 Å². The Bertz CT molecular complexity index is 592. The van der Waals surface area contributed by atoms with Gasteiger partial charge in [0.25, 0.3) is 0 Å². The van der Waals surface area contributed by atoms with Crippen molar-refractivity contribution in [3.8, 4) is 5.69 Å². The van der Waals surface area contributed by atoms with Gasteiger partial charge in [0.15, 0.2) is 5.69 Å². The summed E-state index contributed by atoms with van der Waals surface area (Å²) in [6.45, 7) is 0. The van der Waals surface area contributed by atoms with E-state index in [4.69, 9.17) is 5.11 Å². The van der Waals surface area contributed by atoms with Crippen LogP contribution in [0.1, 0.15) is 16.1 Å². The van der Waals surface area contributed by atoms with E-state index in [2.05, 4.69) is 10.1 Å². The summed E-state index contributed by atoms with van der Waals surface area (Å²) >= 11 is 0. The molecule has 0 radical (unpaired) electrons. The average molecular weight is 257 g/mol.